The Kier molecular flexibility index (Phi) is 13.2. The summed E-state index contributed by atoms with van der Waals surface area (Å²) in [6.45, 7) is 6.86. The van der Waals surface area contributed by atoms with Crippen LogP contribution in [0.5, 0.6) is 0 Å². The van der Waals surface area contributed by atoms with Crippen molar-refractivity contribution in [1.29, 1.82) is 0 Å². The average molecular weight is 440 g/mol. The molecule has 1 rings (SSSR count). The summed E-state index contributed by atoms with van der Waals surface area (Å²) in [4.78, 5) is 7.07. The molecule has 0 unspecified atom stereocenters. The minimum Gasteiger partial charge on any atom is -0.385 e. The molecular formula is C17H37IN4O. The molecule has 2 N–H and O–H groups in total. The fraction of sp³-hybridized carbons (Fsp3) is 0.941. The molecule has 1 saturated carbocycles. The molecule has 1 aliphatic rings. The number of nitrogens with one attached hydrogen (secondary N) is 2. The van der Waals surface area contributed by atoms with Gasteiger partial charge in [0.1, 0.15) is 0 Å². The van der Waals surface area contributed by atoms with Crippen LogP contribution in [0.2, 0.25) is 0 Å². The lowest BCUT2D eigenvalue weighted by atomic mass is 9.83. The molecule has 0 bridgehead atoms. The van der Waals surface area contributed by atoms with Gasteiger partial charge < -0.3 is 20.3 Å². The molecule has 0 heterocycles. The van der Waals surface area contributed by atoms with Gasteiger partial charge in [-0.05, 0) is 58.7 Å². The lowest BCUT2D eigenvalue weighted by molar-refractivity contribution is 0.141. The largest absolute Gasteiger partial charge is 0.385 e. The summed E-state index contributed by atoms with van der Waals surface area (Å²) >= 11 is 0. The van der Waals surface area contributed by atoms with Gasteiger partial charge in [0.25, 0.3) is 0 Å². The van der Waals surface area contributed by atoms with Gasteiger partial charge in [0.05, 0.1) is 0 Å². The van der Waals surface area contributed by atoms with Crippen LogP contribution in [0.15, 0.2) is 4.99 Å². The minimum absolute atomic E-state index is 0. The predicted molar refractivity (Wildman–Crippen MR) is 110 cm³/mol. The molecular weight excluding hydrogens is 403 g/mol. The molecule has 0 amide bonds. The van der Waals surface area contributed by atoms with Gasteiger partial charge in [-0.3, -0.25) is 4.99 Å². The van der Waals surface area contributed by atoms with Crippen LogP contribution in [-0.4, -0.2) is 64.9 Å². The van der Waals surface area contributed by atoms with Crippen molar-refractivity contribution in [2.75, 3.05) is 54.0 Å². The second kappa shape index (κ2) is 13.2. The molecule has 138 valence electrons. The van der Waals surface area contributed by atoms with Crippen LogP contribution >= 0.6 is 24.0 Å². The maximum atomic E-state index is 5.30. The molecule has 6 heteroatoms. The minimum atomic E-state index is 0. The number of ether oxygens (including phenoxy) is 1. The fourth-order valence-corrected chi connectivity index (χ4v) is 3.12. The molecule has 0 radical (unpaired) electrons. The van der Waals surface area contributed by atoms with Gasteiger partial charge in [-0.25, -0.2) is 0 Å². The number of halogens is 1. The van der Waals surface area contributed by atoms with Crippen LogP contribution in [0.3, 0.4) is 0 Å². The van der Waals surface area contributed by atoms with E-state index in [9.17, 15) is 0 Å². The number of rotatable bonds is 10. The third-order valence-corrected chi connectivity index (χ3v) is 4.49. The third kappa shape index (κ3) is 9.72. The molecule has 0 aliphatic heterocycles. The van der Waals surface area contributed by atoms with Crippen LogP contribution in [0.4, 0.5) is 0 Å². The van der Waals surface area contributed by atoms with Crippen LogP contribution < -0.4 is 10.6 Å². The monoisotopic (exact) mass is 440 g/mol. The SMILES string of the molecule is CCNC(=NCC1(CCOC)CCCC1)NCCCN(C)C.I. The normalized spacial score (nSPS) is 17.2. The Labute approximate surface area is 160 Å². The highest BCUT2D eigenvalue weighted by molar-refractivity contribution is 14.0. The molecule has 0 saturated heterocycles. The summed E-state index contributed by atoms with van der Waals surface area (Å²) in [7, 11) is 6.01. The predicted octanol–water partition coefficient (Wildman–Crippen LogP) is 2.71. The molecule has 0 aromatic rings. The quantitative estimate of drug-likeness (QED) is 0.237. The lowest BCUT2D eigenvalue weighted by Gasteiger charge is -2.27. The van der Waals surface area contributed by atoms with E-state index in [1.807, 2.05) is 0 Å². The zero-order chi connectivity index (χ0) is 16.3. The maximum Gasteiger partial charge on any atom is 0.191 e. The first-order chi connectivity index (χ1) is 10.6. The smallest absolute Gasteiger partial charge is 0.191 e. The van der Waals surface area contributed by atoms with E-state index in [0.29, 0.717) is 5.41 Å². The van der Waals surface area contributed by atoms with Crippen molar-refractivity contribution in [2.24, 2.45) is 10.4 Å². The molecule has 0 aromatic heterocycles. The van der Waals surface area contributed by atoms with Crippen molar-refractivity contribution in [3.8, 4) is 0 Å². The van der Waals surface area contributed by atoms with E-state index in [-0.39, 0.29) is 24.0 Å². The zero-order valence-corrected chi connectivity index (χ0v) is 17.8. The first-order valence-electron chi connectivity index (χ1n) is 8.78. The van der Waals surface area contributed by atoms with Crippen LogP contribution in [-0.2, 0) is 4.74 Å². The first-order valence-corrected chi connectivity index (χ1v) is 8.78. The molecule has 0 aromatic carbocycles. The van der Waals surface area contributed by atoms with E-state index in [1.165, 1.54) is 25.7 Å². The molecule has 23 heavy (non-hydrogen) atoms. The molecule has 1 fully saturated rings. The van der Waals surface area contributed by atoms with Crippen LogP contribution in [0.25, 0.3) is 0 Å². The maximum absolute atomic E-state index is 5.30. The molecule has 0 atom stereocenters. The van der Waals surface area contributed by atoms with Crippen molar-refractivity contribution in [3.05, 3.63) is 0 Å². The number of hydrogen-bond acceptors (Lipinski definition) is 3. The topological polar surface area (TPSA) is 48.9 Å². The highest BCUT2D eigenvalue weighted by Crippen LogP contribution is 2.41. The number of hydrogen-bond donors (Lipinski definition) is 2. The van der Waals surface area contributed by atoms with Crippen molar-refractivity contribution < 1.29 is 4.74 Å². The molecule has 5 nitrogen and oxygen atoms in total. The van der Waals surface area contributed by atoms with Crippen molar-refractivity contribution >= 4 is 29.9 Å². The van der Waals surface area contributed by atoms with Gasteiger partial charge in [-0.1, -0.05) is 12.8 Å². The Bertz CT molecular complexity index is 318. The van der Waals surface area contributed by atoms with Gasteiger partial charge in [0.15, 0.2) is 5.96 Å². The zero-order valence-electron chi connectivity index (χ0n) is 15.5. The van der Waals surface area contributed by atoms with Crippen LogP contribution in [0, 0.1) is 5.41 Å². The van der Waals surface area contributed by atoms with Crippen molar-refractivity contribution in [2.45, 2.75) is 45.4 Å². The number of nitrogens with zero attached hydrogens (tertiary/aromatic N) is 2. The van der Waals surface area contributed by atoms with E-state index in [4.69, 9.17) is 9.73 Å². The summed E-state index contributed by atoms with van der Waals surface area (Å²) in [5, 5.41) is 6.82. The molecule has 1 aliphatic carbocycles. The van der Waals surface area contributed by atoms with Crippen molar-refractivity contribution in [1.82, 2.24) is 15.5 Å². The first kappa shape index (κ1) is 22.9. The van der Waals surface area contributed by atoms with Gasteiger partial charge in [0, 0.05) is 33.4 Å². The van der Waals surface area contributed by atoms with Gasteiger partial charge in [-0.15, -0.1) is 24.0 Å². The van der Waals surface area contributed by atoms with E-state index in [1.54, 1.807) is 7.11 Å². The average Bonchev–Trinajstić information content (AvgIpc) is 2.96. The highest BCUT2D eigenvalue weighted by atomic mass is 127. The lowest BCUT2D eigenvalue weighted by Crippen LogP contribution is -2.39. The Morgan fingerprint density at radius 3 is 2.48 bits per heavy atom. The van der Waals surface area contributed by atoms with E-state index in [0.717, 1.165) is 51.6 Å². The second-order valence-corrected chi connectivity index (χ2v) is 6.73. The standard InChI is InChI=1S/C17H36N4O.HI/c1-5-18-16(19-12-8-13-21(2)3)20-15-17(11-14-22-4)9-6-7-10-17;/h5-15H2,1-4H3,(H2,18,19,20);1H. The van der Waals surface area contributed by atoms with Crippen LogP contribution in [0.1, 0.15) is 45.4 Å². The Morgan fingerprint density at radius 2 is 1.91 bits per heavy atom. The summed E-state index contributed by atoms with van der Waals surface area (Å²) in [5.74, 6) is 0.963. The number of aliphatic imine (C=N–C) groups is 1. The number of guanidine groups is 1. The highest BCUT2D eigenvalue weighted by Gasteiger charge is 2.33. The van der Waals surface area contributed by atoms with E-state index in [2.05, 4.69) is 36.6 Å². The summed E-state index contributed by atoms with van der Waals surface area (Å²) < 4.78 is 5.30. The van der Waals surface area contributed by atoms with Gasteiger partial charge >= 0.3 is 0 Å². The van der Waals surface area contributed by atoms with E-state index < -0.39 is 0 Å². The van der Waals surface area contributed by atoms with E-state index >= 15 is 0 Å². The fourth-order valence-electron chi connectivity index (χ4n) is 3.12. The Hall–Kier alpha value is -0.0800. The third-order valence-electron chi connectivity index (χ3n) is 4.49. The Balaban J connectivity index is 0.00000484. The summed E-state index contributed by atoms with van der Waals surface area (Å²) in [6.07, 6.45) is 7.52. The molecule has 0 spiro atoms. The van der Waals surface area contributed by atoms with Crippen molar-refractivity contribution in [3.63, 3.8) is 0 Å². The second-order valence-electron chi connectivity index (χ2n) is 6.73. The summed E-state index contributed by atoms with van der Waals surface area (Å²) in [5.41, 5.74) is 0.363. The summed E-state index contributed by atoms with van der Waals surface area (Å²) in [6, 6.07) is 0. The van der Waals surface area contributed by atoms with Gasteiger partial charge in [0.2, 0.25) is 0 Å². The Morgan fingerprint density at radius 1 is 1.22 bits per heavy atom. The van der Waals surface area contributed by atoms with Gasteiger partial charge in [-0.2, -0.15) is 0 Å². The number of methoxy groups -OCH3 is 1.